The van der Waals surface area contributed by atoms with Gasteiger partial charge in [-0.3, -0.25) is 24.0 Å². The van der Waals surface area contributed by atoms with Crippen LogP contribution in [0.1, 0.15) is 88.0 Å². The summed E-state index contributed by atoms with van der Waals surface area (Å²) < 4.78 is 9.96. The molecule has 0 saturated carbocycles. The van der Waals surface area contributed by atoms with Crippen LogP contribution >= 0.6 is 0 Å². The molecule has 0 fully saturated rings. The van der Waals surface area contributed by atoms with Gasteiger partial charge in [0.1, 0.15) is 23.7 Å². The minimum atomic E-state index is -1.55. The first-order chi connectivity index (χ1) is 20.9. The summed E-state index contributed by atoms with van der Waals surface area (Å²) in [5, 5.41) is 25.7. The summed E-state index contributed by atoms with van der Waals surface area (Å²) in [5.41, 5.74) is -1.38. The van der Waals surface area contributed by atoms with Gasteiger partial charge in [0, 0.05) is 25.5 Å². The molecule has 0 radical (unpaired) electrons. The number of esters is 1. The van der Waals surface area contributed by atoms with Crippen molar-refractivity contribution in [3.8, 4) is 0 Å². The van der Waals surface area contributed by atoms with Gasteiger partial charge < -0.3 is 40.5 Å². The molecule has 0 aliphatic heterocycles. The quantitative estimate of drug-likeness (QED) is 0.120. The Kier molecular flexibility index (Phi) is 16.5. The number of alkyl carbamates (subject to hydrolysis) is 1. The van der Waals surface area contributed by atoms with Gasteiger partial charge in [-0.2, -0.15) is 0 Å². The van der Waals surface area contributed by atoms with Crippen molar-refractivity contribution in [1.29, 1.82) is 0 Å². The first kappa shape index (κ1) is 41.8. The zero-order chi connectivity index (χ0) is 36.2. The summed E-state index contributed by atoms with van der Waals surface area (Å²) in [6, 6.07) is -4.54. The highest BCUT2D eigenvalue weighted by Gasteiger charge is 2.38. The molecule has 4 amide bonds. The Morgan fingerprint density at radius 2 is 1.39 bits per heavy atom. The van der Waals surface area contributed by atoms with E-state index >= 15 is 0 Å². The van der Waals surface area contributed by atoms with Crippen LogP contribution in [-0.4, -0.2) is 101 Å². The Balaban J connectivity index is 6.17. The SMILES string of the molecule is COC(=O)CCC(NC(=O)/C(C)=C/C(C(C)C)N(C)C(=O)C(NC(=O)OC(C)(C)C)C(C)(C)C)C(=O)NC(CCC(=O)O)C(=O)O. The number of methoxy groups -OCH3 is 1. The molecule has 0 spiro atoms. The molecule has 0 heterocycles. The van der Waals surface area contributed by atoms with Crippen molar-refractivity contribution in [1.82, 2.24) is 20.9 Å². The van der Waals surface area contributed by atoms with Crippen molar-refractivity contribution >= 4 is 41.7 Å². The minimum Gasteiger partial charge on any atom is -0.481 e. The molecule has 0 aromatic carbocycles. The Hall–Kier alpha value is -4.17. The van der Waals surface area contributed by atoms with Crippen molar-refractivity contribution in [2.45, 2.75) is 118 Å². The fraction of sp³-hybridized carbons (Fsp3) is 0.710. The molecule has 46 heavy (non-hydrogen) atoms. The van der Waals surface area contributed by atoms with Gasteiger partial charge in [-0.05, 0) is 51.9 Å². The van der Waals surface area contributed by atoms with E-state index in [1.165, 1.54) is 17.9 Å². The number of nitrogens with one attached hydrogen (secondary N) is 3. The van der Waals surface area contributed by atoms with Crippen LogP contribution in [0.15, 0.2) is 11.6 Å². The lowest BCUT2D eigenvalue weighted by Crippen LogP contribution is -2.57. The molecule has 262 valence electrons. The number of hydrogen-bond donors (Lipinski definition) is 5. The number of carbonyl (C=O) groups is 7. The van der Waals surface area contributed by atoms with Gasteiger partial charge in [-0.15, -0.1) is 0 Å². The topological polar surface area (TPSA) is 218 Å². The summed E-state index contributed by atoms with van der Waals surface area (Å²) >= 11 is 0. The Morgan fingerprint density at radius 3 is 1.83 bits per heavy atom. The number of hydrogen-bond acceptors (Lipinski definition) is 9. The smallest absolute Gasteiger partial charge is 0.408 e. The van der Waals surface area contributed by atoms with Gasteiger partial charge in [-0.25, -0.2) is 9.59 Å². The highest BCUT2D eigenvalue weighted by Crippen LogP contribution is 2.24. The van der Waals surface area contributed by atoms with Crippen LogP contribution in [0.5, 0.6) is 0 Å². The maximum Gasteiger partial charge on any atom is 0.408 e. The van der Waals surface area contributed by atoms with Crippen LogP contribution in [0.4, 0.5) is 4.79 Å². The predicted molar refractivity (Wildman–Crippen MR) is 167 cm³/mol. The number of nitrogens with zero attached hydrogens (tertiary/aromatic N) is 1. The van der Waals surface area contributed by atoms with Gasteiger partial charge in [0.05, 0.1) is 13.2 Å². The largest absolute Gasteiger partial charge is 0.481 e. The average Bonchev–Trinajstić information content (AvgIpc) is 2.91. The summed E-state index contributed by atoms with van der Waals surface area (Å²) in [6.45, 7) is 15.6. The van der Waals surface area contributed by atoms with Crippen LogP contribution in [-0.2, 0) is 38.2 Å². The molecule has 0 aliphatic carbocycles. The molecule has 0 rings (SSSR count). The molecule has 0 aliphatic rings. The molecule has 15 heteroatoms. The molecular weight excluding hydrogens is 604 g/mol. The Morgan fingerprint density at radius 1 is 0.848 bits per heavy atom. The molecule has 0 bridgehead atoms. The second-order valence-corrected chi connectivity index (χ2v) is 13.5. The molecule has 5 N–H and O–H groups in total. The van der Waals surface area contributed by atoms with Gasteiger partial charge >= 0.3 is 24.0 Å². The number of carboxylic acid groups (broad SMARTS) is 2. The lowest BCUT2D eigenvalue weighted by atomic mass is 9.85. The Bertz CT molecular complexity index is 1150. The second-order valence-electron chi connectivity index (χ2n) is 13.5. The van der Waals surface area contributed by atoms with Crippen molar-refractivity contribution in [3.05, 3.63) is 11.6 Å². The Labute approximate surface area is 270 Å². The van der Waals surface area contributed by atoms with Crippen LogP contribution < -0.4 is 16.0 Å². The summed E-state index contributed by atoms with van der Waals surface area (Å²) in [7, 11) is 2.69. The van der Waals surface area contributed by atoms with Gasteiger partial charge in [0.2, 0.25) is 17.7 Å². The van der Waals surface area contributed by atoms with Crippen molar-refractivity contribution in [2.75, 3.05) is 14.2 Å². The van der Waals surface area contributed by atoms with Crippen molar-refractivity contribution < 1.29 is 53.2 Å². The molecular formula is C31H52N4O11. The molecule has 0 aromatic rings. The maximum absolute atomic E-state index is 13.7. The highest BCUT2D eigenvalue weighted by molar-refractivity contribution is 5.97. The first-order valence-corrected chi connectivity index (χ1v) is 15.0. The van der Waals surface area contributed by atoms with E-state index in [9.17, 15) is 38.7 Å². The third kappa shape index (κ3) is 15.2. The number of likely N-dealkylation sites (N-methyl/N-ethyl adjacent to an activating group) is 1. The van der Waals surface area contributed by atoms with Gasteiger partial charge in [-0.1, -0.05) is 40.7 Å². The minimum absolute atomic E-state index is 0.113. The number of amides is 4. The van der Waals surface area contributed by atoms with E-state index in [0.29, 0.717) is 0 Å². The van der Waals surface area contributed by atoms with E-state index in [-0.39, 0.29) is 24.3 Å². The van der Waals surface area contributed by atoms with Crippen LogP contribution in [0.25, 0.3) is 0 Å². The van der Waals surface area contributed by atoms with Gasteiger partial charge in [0.15, 0.2) is 0 Å². The zero-order valence-corrected chi connectivity index (χ0v) is 28.8. The fourth-order valence-electron chi connectivity index (χ4n) is 4.21. The van der Waals surface area contributed by atoms with E-state index in [1.54, 1.807) is 48.6 Å². The molecule has 0 saturated heterocycles. The van der Waals surface area contributed by atoms with E-state index in [0.717, 1.165) is 7.11 Å². The van der Waals surface area contributed by atoms with Crippen LogP contribution in [0, 0.1) is 11.3 Å². The van der Waals surface area contributed by atoms with Crippen molar-refractivity contribution in [2.24, 2.45) is 11.3 Å². The van der Waals surface area contributed by atoms with E-state index < -0.39 is 89.7 Å². The summed E-state index contributed by atoms with van der Waals surface area (Å²) in [5.74, 6) is -5.69. The monoisotopic (exact) mass is 656 g/mol. The predicted octanol–water partition coefficient (Wildman–Crippen LogP) is 2.23. The number of ether oxygens (including phenoxy) is 2. The number of carbonyl (C=O) groups excluding carboxylic acids is 5. The average molecular weight is 657 g/mol. The fourth-order valence-corrected chi connectivity index (χ4v) is 4.21. The number of rotatable bonds is 16. The van der Waals surface area contributed by atoms with E-state index in [2.05, 4.69) is 20.7 Å². The first-order valence-electron chi connectivity index (χ1n) is 15.0. The van der Waals surface area contributed by atoms with Crippen LogP contribution in [0.2, 0.25) is 0 Å². The third-order valence-electron chi connectivity index (χ3n) is 6.78. The molecule has 4 atom stereocenters. The maximum atomic E-state index is 13.7. The lowest BCUT2D eigenvalue weighted by molar-refractivity contribution is -0.144. The molecule has 0 aromatic heterocycles. The summed E-state index contributed by atoms with van der Waals surface area (Å²) in [6.07, 6.45) is -0.668. The number of aliphatic carboxylic acids is 2. The summed E-state index contributed by atoms with van der Waals surface area (Å²) in [4.78, 5) is 88.3. The highest BCUT2D eigenvalue weighted by atomic mass is 16.6. The zero-order valence-electron chi connectivity index (χ0n) is 28.8. The van der Waals surface area contributed by atoms with E-state index in [1.807, 2.05) is 13.8 Å². The van der Waals surface area contributed by atoms with Crippen molar-refractivity contribution in [3.63, 3.8) is 0 Å². The molecule has 15 nitrogen and oxygen atoms in total. The van der Waals surface area contributed by atoms with E-state index in [4.69, 9.17) is 9.84 Å². The normalized spacial score (nSPS) is 14.7. The molecule has 4 unspecified atom stereocenters. The van der Waals surface area contributed by atoms with Gasteiger partial charge in [0.25, 0.3) is 0 Å². The van der Waals surface area contributed by atoms with Crippen LogP contribution in [0.3, 0.4) is 0 Å². The second kappa shape index (κ2) is 18.1. The third-order valence-corrected chi connectivity index (χ3v) is 6.78. The lowest BCUT2D eigenvalue weighted by Gasteiger charge is -2.37. The standard InChI is InChI=1S/C31H52N4O11/c1-17(2)21(35(10)27(41)24(30(4,5)6)34-29(44)46-31(7,8)9)16-18(3)25(39)32-19(13-15-23(38)45-11)26(40)33-20(28(42)43)12-14-22(36)37/h16-17,19-21,24H,12-15H2,1-11H3,(H,32,39)(H,33,40)(H,34,44)(H,36,37)(H,42,43)/b18-16+. The number of carboxylic acids is 2.